The van der Waals surface area contributed by atoms with Gasteiger partial charge in [-0.1, -0.05) is 12.1 Å². The molecule has 2 heterocycles. The average Bonchev–Trinajstić information content (AvgIpc) is 2.98. The van der Waals surface area contributed by atoms with E-state index in [4.69, 9.17) is 13.9 Å². The second-order valence-corrected chi connectivity index (χ2v) is 5.68. The lowest BCUT2D eigenvalue weighted by Crippen LogP contribution is -2.32. The van der Waals surface area contributed by atoms with Crippen LogP contribution in [0.3, 0.4) is 0 Å². The molecule has 3 rings (SSSR count). The van der Waals surface area contributed by atoms with Gasteiger partial charge in [-0.2, -0.15) is 0 Å². The zero-order valence-electron chi connectivity index (χ0n) is 13.1. The predicted molar refractivity (Wildman–Crippen MR) is 85.1 cm³/mol. The number of amides is 1. The number of nitrogens with zero attached hydrogens (tertiary/aromatic N) is 1. The van der Waals surface area contributed by atoms with Crippen LogP contribution < -0.4 is 5.32 Å². The van der Waals surface area contributed by atoms with Crippen molar-refractivity contribution < 1.29 is 18.7 Å². The van der Waals surface area contributed by atoms with Crippen molar-refractivity contribution in [2.45, 2.75) is 31.8 Å². The summed E-state index contributed by atoms with van der Waals surface area (Å²) in [6.45, 7) is 1.83. The zero-order valence-corrected chi connectivity index (χ0v) is 13.1. The number of benzene rings is 1. The second kappa shape index (κ2) is 8.08. The molecule has 2 aromatic rings. The summed E-state index contributed by atoms with van der Waals surface area (Å²) in [6, 6.07) is 7.61. The van der Waals surface area contributed by atoms with Crippen molar-refractivity contribution in [3.05, 3.63) is 30.2 Å². The van der Waals surface area contributed by atoms with E-state index in [0.717, 1.165) is 30.5 Å². The third-order valence-electron chi connectivity index (χ3n) is 3.81. The van der Waals surface area contributed by atoms with E-state index in [0.29, 0.717) is 25.5 Å². The molecule has 1 N–H and O–H groups in total. The second-order valence-electron chi connectivity index (χ2n) is 5.68. The van der Waals surface area contributed by atoms with Crippen molar-refractivity contribution in [2.24, 2.45) is 0 Å². The Kier molecular flexibility index (Phi) is 5.60. The minimum absolute atomic E-state index is 0.0629. The van der Waals surface area contributed by atoms with Gasteiger partial charge in [0.2, 0.25) is 5.91 Å². The molecule has 0 bridgehead atoms. The number of oxazole rings is 1. The SMILES string of the molecule is O=C(COCC1CCCCO1)NCCc1nc2ccccc2o1. The maximum atomic E-state index is 11.7. The Morgan fingerprint density at radius 2 is 2.26 bits per heavy atom. The topological polar surface area (TPSA) is 73.6 Å². The van der Waals surface area contributed by atoms with Gasteiger partial charge in [-0.25, -0.2) is 4.98 Å². The number of ether oxygens (including phenoxy) is 2. The van der Waals surface area contributed by atoms with E-state index < -0.39 is 0 Å². The van der Waals surface area contributed by atoms with Crippen LogP contribution in [0.5, 0.6) is 0 Å². The standard InChI is InChI=1S/C17H22N2O4/c20-16(12-21-11-13-5-3-4-10-22-13)18-9-8-17-19-14-6-1-2-7-15(14)23-17/h1-2,6-7,13H,3-5,8-12H2,(H,18,20). The third-order valence-corrected chi connectivity index (χ3v) is 3.81. The minimum atomic E-state index is -0.128. The highest BCUT2D eigenvalue weighted by Crippen LogP contribution is 2.14. The molecule has 1 aliphatic heterocycles. The first-order valence-corrected chi connectivity index (χ1v) is 8.12. The minimum Gasteiger partial charge on any atom is -0.441 e. The Morgan fingerprint density at radius 3 is 3.09 bits per heavy atom. The summed E-state index contributed by atoms with van der Waals surface area (Å²) in [6.07, 6.45) is 4.00. The summed E-state index contributed by atoms with van der Waals surface area (Å²) in [5.41, 5.74) is 1.61. The van der Waals surface area contributed by atoms with Crippen molar-refractivity contribution in [2.75, 3.05) is 26.4 Å². The smallest absolute Gasteiger partial charge is 0.246 e. The van der Waals surface area contributed by atoms with Gasteiger partial charge in [-0.3, -0.25) is 4.79 Å². The van der Waals surface area contributed by atoms with Gasteiger partial charge in [0.25, 0.3) is 0 Å². The molecule has 1 aromatic carbocycles. The Morgan fingerprint density at radius 1 is 1.35 bits per heavy atom. The third kappa shape index (κ3) is 4.77. The Balaban J connectivity index is 1.32. The van der Waals surface area contributed by atoms with Crippen molar-refractivity contribution in [1.29, 1.82) is 0 Å². The quantitative estimate of drug-likeness (QED) is 0.846. The van der Waals surface area contributed by atoms with Crippen LogP contribution in [-0.2, 0) is 20.7 Å². The molecule has 6 heteroatoms. The fourth-order valence-electron chi connectivity index (χ4n) is 2.61. The molecule has 1 fully saturated rings. The van der Waals surface area contributed by atoms with E-state index in [1.807, 2.05) is 24.3 Å². The molecule has 1 saturated heterocycles. The Hall–Kier alpha value is -1.92. The Bertz CT molecular complexity index is 601. The molecule has 0 spiro atoms. The molecular formula is C17H22N2O4. The highest BCUT2D eigenvalue weighted by atomic mass is 16.5. The first kappa shape index (κ1) is 16.0. The van der Waals surface area contributed by atoms with E-state index in [2.05, 4.69) is 10.3 Å². The van der Waals surface area contributed by atoms with Gasteiger partial charge >= 0.3 is 0 Å². The number of hydrogen-bond acceptors (Lipinski definition) is 5. The first-order chi connectivity index (χ1) is 11.3. The summed E-state index contributed by atoms with van der Waals surface area (Å²) < 4.78 is 16.6. The van der Waals surface area contributed by atoms with E-state index in [1.165, 1.54) is 6.42 Å². The van der Waals surface area contributed by atoms with Crippen LogP contribution in [0.25, 0.3) is 11.1 Å². The normalized spacial score (nSPS) is 18.2. The molecule has 0 radical (unpaired) electrons. The lowest BCUT2D eigenvalue weighted by atomic mass is 10.1. The van der Waals surface area contributed by atoms with E-state index >= 15 is 0 Å². The number of carbonyl (C=O) groups excluding carboxylic acids is 1. The zero-order chi connectivity index (χ0) is 15.9. The number of hydrogen-bond donors (Lipinski definition) is 1. The maximum absolute atomic E-state index is 11.7. The van der Waals surface area contributed by atoms with Crippen LogP contribution >= 0.6 is 0 Å². The molecule has 23 heavy (non-hydrogen) atoms. The molecule has 0 aliphatic carbocycles. The van der Waals surface area contributed by atoms with Crippen LogP contribution in [0.15, 0.2) is 28.7 Å². The molecule has 124 valence electrons. The maximum Gasteiger partial charge on any atom is 0.246 e. The van der Waals surface area contributed by atoms with Crippen LogP contribution in [0.2, 0.25) is 0 Å². The van der Waals surface area contributed by atoms with Gasteiger partial charge in [0.1, 0.15) is 12.1 Å². The van der Waals surface area contributed by atoms with Crippen molar-refractivity contribution in [1.82, 2.24) is 10.3 Å². The monoisotopic (exact) mass is 318 g/mol. The molecular weight excluding hydrogens is 296 g/mol. The number of aromatic nitrogens is 1. The van der Waals surface area contributed by atoms with Gasteiger partial charge < -0.3 is 19.2 Å². The lowest BCUT2D eigenvalue weighted by molar-refractivity contribution is -0.127. The molecule has 1 amide bonds. The molecule has 6 nitrogen and oxygen atoms in total. The van der Waals surface area contributed by atoms with E-state index in [-0.39, 0.29) is 18.6 Å². The average molecular weight is 318 g/mol. The number of para-hydroxylation sites is 2. The first-order valence-electron chi connectivity index (χ1n) is 8.12. The summed E-state index contributed by atoms with van der Waals surface area (Å²) in [4.78, 5) is 16.1. The van der Waals surface area contributed by atoms with Gasteiger partial charge in [0, 0.05) is 19.6 Å². The fourth-order valence-corrected chi connectivity index (χ4v) is 2.61. The van der Waals surface area contributed by atoms with Gasteiger partial charge in [0.05, 0.1) is 12.7 Å². The highest BCUT2D eigenvalue weighted by Gasteiger charge is 2.14. The fraction of sp³-hybridized carbons (Fsp3) is 0.529. The van der Waals surface area contributed by atoms with Crippen molar-refractivity contribution >= 4 is 17.0 Å². The highest BCUT2D eigenvalue weighted by molar-refractivity contribution is 5.77. The predicted octanol–water partition coefficient (Wildman–Crippen LogP) is 2.07. The number of rotatable bonds is 7. The van der Waals surface area contributed by atoms with Crippen LogP contribution in [-0.4, -0.2) is 43.4 Å². The molecule has 1 aromatic heterocycles. The molecule has 1 unspecified atom stereocenters. The molecule has 1 aliphatic rings. The van der Waals surface area contributed by atoms with Gasteiger partial charge in [-0.15, -0.1) is 0 Å². The van der Waals surface area contributed by atoms with Crippen LogP contribution in [0, 0.1) is 0 Å². The summed E-state index contributed by atoms with van der Waals surface area (Å²) in [5, 5.41) is 2.81. The molecule has 0 saturated carbocycles. The Labute approximate surface area is 135 Å². The molecule has 1 atom stereocenters. The number of fused-ring (bicyclic) bond motifs is 1. The summed E-state index contributed by atoms with van der Waals surface area (Å²) in [5.74, 6) is 0.500. The van der Waals surface area contributed by atoms with Gasteiger partial charge in [0.15, 0.2) is 11.5 Å². The number of carbonyl (C=O) groups is 1. The summed E-state index contributed by atoms with van der Waals surface area (Å²) >= 11 is 0. The summed E-state index contributed by atoms with van der Waals surface area (Å²) in [7, 11) is 0. The largest absolute Gasteiger partial charge is 0.441 e. The van der Waals surface area contributed by atoms with Gasteiger partial charge in [-0.05, 0) is 31.4 Å². The lowest BCUT2D eigenvalue weighted by Gasteiger charge is -2.22. The van der Waals surface area contributed by atoms with Crippen molar-refractivity contribution in [3.8, 4) is 0 Å². The van der Waals surface area contributed by atoms with E-state index in [1.54, 1.807) is 0 Å². The number of nitrogens with one attached hydrogen (secondary N) is 1. The van der Waals surface area contributed by atoms with E-state index in [9.17, 15) is 4.79 Å². The van der Waals surface area contributed by atoms with Crippen molar-refractivity contribution in [3.63, 3.8) is 0 Å². The van der Waals surface area contributed by atoms with Crippen LogP contribution in [0.1, 0.15) is 25.2 Å². The van der Waals surface area contributed by atoms with Crippen LogP contribution in [0.4, 0.5) is 0 Å².